The minimum Gasteiger partial charge on any atom is -0.324 e. The Labute approximate surface area is 81.0 Å². The molecule has 0 aliphatic carbocycles. The van der Waals surface area contributed by atoms with Crippen molar-refractivity contribution in [2.45, 2.75) is 33.6 Å². The van der Waals surface area contributed by atoms with Crippen molar-refractivity contribution in [2.24, 2.45) is 11.8 Å². The molecule has 0 aromatic heterocycles. The molecule has 0 aromatic rings. The van der Waals surface area contributed by atoms with Gasteiger partial charge in [-0.3, -0.25) is 4.57 Å². The third-order valence-electron chi connectivity index (χ3n) is 2.50. The van der Waals surface area contributed by atoms with Gasteiger partial charge in [-0.1, -0.05) is 33.6 Å². The Bertz CT molecular complexity index is 176. The van der Waals surface area contributed by atoms with Gasteiger partial charge in [0.25, 0.3) is 0 Å². The lowest BCUT2D eigenvalue weighted by Gasteiger charge is -2.21. The van der Waals surface area contributed by atoms with E-state index in [0.717, 1.165) is 12.8 Å². The van der Waals surface area contributed by atoms with E-state index < -0.39 is 7.60 Å². The molecule has 0 bridgehead atoms. The molecule has 0 heterocycles. The molecule has 0 amide bonds. The SMILES string of the molecule is CCC(C)C(CC)COP(C)(=O)O. The first kappa shape index (κ1) is 13.2. The summed E-state index contributed by atoms with van der Waals surface area (Å²) >= 11 is 0. The molecule has 0 rings (SSSR count). The minimum atomic E-state index is -3.28. The van der Waals surface area contributed by atoms with E-state index in [2.05, 4.69) is 20.8 Å². The Hall–Kier alpha value is 0.150. The van der Waals surface area contributed by atoms with Gasteiger partial charge in [-0.2, -0.15) is 0 Å². The van der Waals surface area contributed by atoms with Crippen LogP contribution >= 0.6 is 7.60 Å². The lowest BCUT2D eigenvalue weighted by molar-refractivity contribution is 0.176. The molecule has 0 aliphatic heterocycles. The summed E-state index contributed by atoms with van der Waals surface area (Å²) in [5.41, 5.74) is 0. The van der Waals surface area contributed by atoms with Gasteiger partial charge in [0, 0.05) is 6.66 Å². The summed E-state index contributed by atoms with van der Waals surface area (Å²) in [4.78, 5) is 8.95. The van der Waals surface area contributed by atoms with Crippen LogP contribution in [0.5, 0.6) is 0 Å². The highest BCUT2D eigenvalue weighted by molar-refractivity contribution is 7.51. The first-order chi connectivity index (χ1) is 5.90. The maximum Gasteiger partial charge on any atom is 0.325 e. The van der Waals surface area contributed by atoms with Crippen LogP contribution in [0, 0.1) is 11.8 Å². The molecule has 0 saturated heterocycles. The second-order valence-electron chi connectivity index (χ2n) is 3.65. The van der Waals surface area contributed by atoms with Crippen molar-refractivity contribution in [2.75, 3.05) is 13.3 Å². The molecule has 0 saturated carbocycles. The predicted octanol–water partition coefficient (Wildman–Crippen LogP) is 2.89. The first-order valence-electron chi connectivity index (χ1n) is 4.85. The first-order valence-corrected chi connectivity index (χ1v) is 6.88. The van der Waals surface area contributed by atoms with Crippen molar-refractivity contribution in [3.05, 3.63) is 0 Å². The molecule has 0 radical (unpaired) electrons. The van der Waals surface area contributed by atoms with Crippen LogP contribution in [0.3, 0.4) is 0 Å². The van der Waals surface area contributed by atoms with Crippen molar-refractivity contribution >= 4 is 7.60 Å². The lowest BCUT2D eigenvalue weighted by Crippen LogP contribution is -2.15. The summed E-state index contributed by atoms with van der Waals surface area (Å²) in [5.74, 6) is 0.946. The average molecular weight is 208 g/mol. The molecule has 3 atom stereocenters. The van der Waals surface area contributed by atoms with E-state index in [1.165, 1.54) is 6.66 Å². The van der Waals surface area contributed by atoms with Gasteiger partial charge >= 0.3 is 7.60 Å². The van der Waals surface area contributed by atoms with Crippen LogP contribution in [0.25, 0.3) is 0 Å². The topological polar surface area (TPSA) is 46.5 Å². The van der Waals surface area contributed by atoms with E-state index in [0.29, 0.717) is 18.4 Å². The maximum absolute atomic E-state index is 10.9. The summed E-state index contributed by atoms with van der Waals surface area (Å²) in [6.07, 6.45) is 2.08. The van der Waals surface area contributed by atoms with Crippen LogP contribution in [0.1, 0.15) is 33.6 Å². The molecule has 0 fully saturated rings. The van der Waals surface area contributed by atoms with E-state index in [1.54, 1.807) is 0 Å². The largest absolute Gasteiger partial charge is 0.325 e. The van der Waals surface area contributed by atoms with Gasteiger partial charge in [0.2, 0.25) is 0 Å². The maximum atomic E-state index is 10.9. The van der Waals surface area contributed by atoms with Crippen LogP contribution < -0.4 is 0 Å². The molecule has 0 aromatic carbocycles. The van der Waals surface area contributed by atoms with E-state index in [4.69, 9.17) is 9.42 Å². The van der Waals surface area contributed by atoms with Crippen LogP contribution in [0.15, 0.2) is 0 Å². The standard InChI is InChI=1S/C9H21O3P/c1-5-8(3)9(6-2)7-12-13(4,10)11/h8-9H,5-7H2,1-4H3,(H,10,11). The van der Waals surface area contributed by atoms with Crippen LogP contribution in [-0.2, 0) is 9.09 Å². The summed E-state index contributed by atoms with van der Waals surface area (Å²) in [6, 6.07) is 0. The van der Waals surface area contributed by atoms with Gasteiger partial charge in [-0.15, -0.1) is 0 Å². The number of rotatable bonds is 6. The Morgan fingerprint density at radius 1 is 1.38 bits per heavy atom. The minimum absolute atomic E-state index is 0.394. The van der Waals surface area contributed by atoms with Crippen LogP contribution in [0.4, 0.5) is 0 Å². The molecule has 4 heteroatoms. The molecule has 13 heavy (non-hydrogen) atoms. The zero-order chi connectivity index (χ0) is 10.5. The summed E-state index contributed by atoms with van der Waals surface area (Å²) in [7, 11) is -3.28. The predicted molar refractivity (Wildman–Crippen MR) is 54.9 cm³/mol. The van der Waals surface area contributed by atoms with Crippen molar-refractivity contribution < 1.29 is 14.0 Å². The molecule has 0 spiro atoms. The Morgan fingerprint density at radius 2 is 1.92 bits per heavy atom. The lowest BCUT2D eigenvalue weighted by atomic mass is 9.90. The second kappa shape index (κ2) is 5.79. The second-order valence-corrected chi connectivity index (χ2v) is 5.52. The fourth-order valence-corrected chi connectivity index (χ4v) is 1.72. The highest BCUT2D eigenvalue weighted by atomic mass is 31.2. The molecule has 80 valence electrons. The fourth-order valence-electron chi connectivity index (χ4n) is 1.25. The Kier molecular flexibility index (Phi) is 5.86. The fraction of sp³-hybridized carbons (Fsp3) is 1.00. The molecule has 3 nitrogen and oxygen atoms in total. The molecule has 1 N–H and O–H groups in total. The Morgan fingerprint density at radius 3 is 2.23 bits per heavy atom. The van der Waals surface area contributed by atoms with Crippen molar-refractivity contribution in [3.63, 3.8) is 0 Å². The monoisotopic (exact) mass is 208 g/mol. The van der Waals surface area contributed by atoms with E-state index in [1.807, 2.05) is 0 Å². The van der Waals surface area contributed by atoms with Gasteiger partial charge in [-0.05, 0) is 11.8 Å². The van der Waals surface area contributed by atoms with Crippen molar-refractivity contribution in [1.29, 1.82) is 0 Å². The summed E-state index contributed by atoms with van der Waals surface area (Å²) < 4.78 is 15.8. The van der Waals surface area contributed by atoms with E-state index >= 15 is 0 Å². The quantitative estimate of drug-likeness (QED) is 0.683. The van der Waals surface area contributed by atoms with E-state index in [-0.39, 0.29) is 0 Å². The van der Waals surface area contributed by atoms with Crippen molar-refractivity contribution in [3.8, 4) is 0 Å². The molecule has 0 aliphatic rings. The molecular weight excluding hydrogens is 187 g/mol. The van der Waals surface area contributed by atoms with E-state index in [9.17, 15) is 4.57 Å². The number of hydrogen-bond acceptors (Lipinski definition) is 2. The summed E-state index contributed by atoms with van der Waals surface area (Å²) in [6.45, 7) is 7.98. The molecule has 3 unspecified atom stereocenters. The average Bonchev–Trinajstić information content (AvgIpc) is 2.03. The third-order valence-corrected chi connectivity index (χ3v) is 3.13. The van der Waals surface area contributed by atoms with Crippen LogP contribution in [-0.4, -0.2) is 18.2 Å². The van der Waals surface area contributed by atoms with Gasteiger partial charge in [-0.25, -0.2) is 0 Å². The van der Waals surface area contributed by atoms with Crippen LogP contribution in [0.2, 0.25) is 0 Å². The smallest absolute Gasteiger partial charge is 0.324 e. The highest BCUT2D eigenvalue weighted by Gasteiger charge is 2.18. The highest BCUT2D eigenvalue weighted by Crippen LogP contribution is 2.38. The number of hydrogen-bond donors (Lipinski definition) is 1. The zero-order valence-electron chi connectivity index (χ0n) is 8.99. The van der Waals surface area contributed by atoms with Gasteiger partial charge in [0.15, 0.2) is 0 Å². The van der Waals surface area contributed by atoms with Gasteiger partial charge in [0.05, 0.1) is 6.61 Å². The Balaban J connectivity index is 3.92. The van der Waals surface area contributed by atoms with Gasteiger partial charge < -0.3 is 9.42 Å². The third kappa shape index (κ3) is 6.25. The molecular formula is C9H21O3P. The zero-order valence-corrected chi connectivity index (χ0v) is 9.88. The summed E-state index contributed by atoms with van der Waals surface area (Å²) in [5, 5.41) is 0. The van der Waals surface area contributed by atoms with Crippen molar-refractivity contribution in [1.82, 2.24) is 0 Å². The van der Waals surface area contributed by atoms with Gasteiger partial charge in [0.1, 0.15) is 0 Å². The normalized spacial score (nSPS) is 20.7.